The lowest BCUT2D eigenvalue weighted by Gasteiger charge is -2.22. The summed E-state index contributed by atoms with van der Waals surface area (Å²) in [5.41, 5.74) is 0. The van der Waals surface area contributed by atoms with Crippen LogP contribution in [0.5, 0.6) is 0 Å². The van der Waals surface area contributed by atoms with Gasteiger partial charge in [0, 0.05) is 0 Å². The highest BCUT2D eigenvalue weighted by Crippen LogP contribution is 2.20. The van der Waals surface area contributed by atoms with E-state index >= 15 is 0 Å². The largest absolute Gasteiger partial charge is 0.317 e. The van der Waals surface area contributed by atoms with Gasteiger partial charge in [-0.05, 0) is 37.8 Å². The van der Waals surface area contributed by atoms with E-state index in [2.05, 4.69) is 19.2 Å². The molecule has 0 radical (unpaired) electrons. The van der Waals surface area contributed by atoms with Crippen LogP contribution in [0.4, 0.5) is 0 Å². The molecule has 15 heavy (non-hydrogen) atoms. The summed E-state index contributed by atoms with van der Waals surface area (Å²) in [6.45, 7) is 11.2. The van der Waals surface area contributed by atoms with Crippen molar-refractivity contribution in [3.8, 4) is 0 Å². The van der Waals surface area contributed by atoms with E-state index in [9.17, 15) is 0 Å². The molecule has 1 nitrogen and oxygen atoms in total. The van der Waals surface area contributed by atoms with Crippen molar-refractivity contribution < 1.29 is 0 Å². The fourth-order valence-corrected chi connectivity index (χ4v) is 1.99. The standard InChI is InChI=1S/C11H23N.C2H6.HI/c1-10(2)4-3-5-11-6-8-12-9-7-11;1-2;/h10-12H,3-9H2,1-2H3;1-2H3;1H. The van der Waals surface area contributed by atoms with Crippen LogP contribution in [-0.2, 0) is 0 Å². The Bertz CT molecular complexity index is 109. The van der Waals surface area contributed by atoms with Gasteiger partial charge >= 0.3 is 0 Å². The maximum atomic E-state index is 3.41. The molecule has 1 heterocycles. The minimum absolute atomic E-state index is 0. The molecule has 0 aliphatic carbocycles. The summed E-state index contributed by atoms with van der Waals surface area (Å²) in [5.74, 6) is 1.93. The number of nitrogens with one attached hydrogen (secondary N) is 1. The van der Waals surface area contributed by atoms with Gasteiger partial charge in [-0.2, -0.15) is 0 Å². The number of hydrogen-bond donors (Lipinski definition) is 1. The Labute approximate surface area is 114 Å². The molecule has 0 spiro atoms. The van der Waals surface area contributed by atoms with Gasteiger partial charge < -0.3 is 5.32 Å². The molecule has 0 bridgehead atoms. The third kappa shape index (κ3) is 11.0. The van der Waals surface area contributed by atoms with Crippen molar-refractivity contribution in [2.24, 2.45) is 11.8 Å². The lowest BCUT2D eigenvalue weighted by Crippen LogP contribution is -2.27. The summed E-state index contributed by atoms with van der Waals surface area (Å²) in [6, 6.07) is 0. The Morgan fingerprint density at radius 1 is 1.13 bits per heavy atom. The van der Waals surface area contributed by atoms with Gasteiger partial charge in [-0.1, -0.05) is 47.0 Å². The maximum Gasteiger partial charge on any atom is -0.00463 e. The van der Waals surface area contributed by atoms with Gasteiger partial charge in [-0.25, -0.2) is 0 Å². The number of halogens is 1. The molecule has 1 saturated heterocycles. The second-order valence-electron chi connectivity index (χ2n) is 4.52. The van der Waals surface area contributed by atoms with Gasteiger partial charge in [0.05, 0.1) is 0 Å². The molecule has 0 saturated carbocycles. The zero-order valence-corrected chi connectivity index (χ0v) is 13.3. The quantitative estimate of drug-likeness (QED) is 0.752. The molecule has 0 amide bonds. The highest BCUT2D eigenvalue weighted by Gasteiger charge is 2.12. The monoisotopic (exact) mass is 327 g/mol. The summed E-state index contributed by atoms with van der Waals surface area (Å²) in [4.78, 5) is 0. The Kier molecular flexibility index (Phi) is 15.4. The maximum absolute atomic E-state index is 3.41. The van der Waals surface area contributed by atoms with Gasteiger partial charge in [-0.15, -0.1) is 24.0 Å². The summed E-state index contributed by atoms with van der Waals surface area (Å²) in [5, 5.41) is 3.41. The highest BCUT2D eigenvalue weighted by molar-refractivity contribution is 14.0. The van der Waals surface area contributed by atoms with E-state index in [1.807, 2.05) is 13.8 Å². The molecule has 0 unspecified atom stereocenters. The minimum atomic E-state index is 0. The Morgan fingerprint density at radius 3 is 2.13 bits per heavy atom. The minimum Gasteiger partial charge on any atom is -0.317 e. The van der Waals surface area contributed by atoms with Crippen molar-refractivity contribution in [1.82, 2.24) is 5.32 Å². The summed E-state index contributed by atoms with van der Waals surface area (Å²) < 4.78 is 0. The van der Waals surface area contributed by atoms with Crippen LogP contribution >= 0.6 is 24.0 Å². The number of rotatable bonds is 4. The second kappa shape index (κ2) is 12.8. The van der Waals surface area contributed by atoms with E-state index in [0.717, 1.165) is 11.8 Å². The number of piperidine rings is 1. The third-order valence-corrected chi connectivity index (χ3v) is 2.85. The van der Waals surface area contributed by atoms with Crippen molar-refractivity contribution >= 4 is 24.0 Å². The van der Waals surface area contributed by atoms with Crippen molar-refractivity contribution in [3.05, 3.63) is 0 Å². The molecule has 1 aliphatic rings. The lowest BCUT2D eigenvalue weighted by molar-refractivity contribution is 0.336. The van der Waals surface area contributed by atoms with Crippen molar-refractivity contribution in [2.45, 2.75) is 59.8 Å². The van der Waals surface area contributed by atoms with E-state index in [1.54, 1.807) is 0 Å². The second-order valence-corrected chi connectivity index (χ2v) is 4.52. The van der Waals surface area contributed by atoms with Gasteiger partial charge in [-0.3, -0.25) is 0 Å². The van der Waals surface area contributed by atoms with Crippen LogP contribution in [0.3, 0.4) is 0 Å². The normalized spacial score (nSPS) is 16.6. The van der Waals surface area contributed by atoms with Crippen LogP contribution in [0.1, 0.15) is 59.8 Å². The first-order valence-corrected chi connectivity index (χ1v) is 6.49. The molecular formula is C13H30IN. The van der Waals surface area contributed by atoms with Crippen LogP contribution in [0, 0.1) is 11.8 Å². The van der Waals surface area contributed by atoms with Gasteiger partial charge in [0.1, 0.15) is 0 Å². The molecule has 0 atom stereocenters. The number of hydrogen-bond acceptors (Lipinski definition) is 1. The van der Waals surface area contributed by atoms with E-state index in [1.165, 1.54) is 45.2 Å². The Hall–Kier alpha value is 0.690. The fraction of sp³-hybridized carbons (Fsp3) is 1.00. The van der Waals surface area contributed by atoms with E-state index < -0.39 is 0 Å². The molecule has 1 aliphatic heterocycles. The Balaban J connectivity index is 0. The van der Waals surface area contributed by atoms with E-state index in [-0.39, 0.29) is 24.0 Å². The van der Waals surface area contributed by atoms with Crippen LogP contribution in [0.25, 0.3) is 0 Å². The van der Waals surface area contributed by atoms with Crippen molar-refractivity contribution in [2.75, 3.05) is 13.1 Å². The fourth-order valence-electron chi connectivity index (χ4n) is 1.99. The van der Waals surface area contributed by atoms with Crippen LogP contribution in [0.15, 0.2) is 0 Å². The molecule has 94 valence electrons. The average Bonchev–Trinajstić information content (AvgIpc) is 2.22. The molecule has 0 aromatic carbocycles. The zero-order valence-electron chi connectivity index (χ0n) is 11.0. The summed E-state index contributed by atoms with van der Waals surface area (Å²) in [6.07, 6.45) is 7.17. The molecule has 2 heteroatoms. The summed E-state index contributed by atoms with van der Waals surface area (Å²) in [7, 11) is 0. The first kappa shape index (κ1) is 18.1. The topological polar surface area (TPSA) is 12.0 Å². The van der Waals surface area contributed by atoms with Crippen LogP contribution < -0.4 is 5.32 Å². The molecule has 1 fully saturated rings. The predicted octanol–water partition coefficient (Wildman–Crippen LogP) is 4.46. The van der Waals surface area contributed by atoms with Gasteiger partial charge in [0.25, 0.3) is 0 Å². The van der Waals surface area contributed by atoms with Crippen LogP contribution in [0.2, 0.25) is 0 Å². The molecule has 0 aromatic rings. The molecule has 0 aromatic heterocycles. The van der Waals surface area contributed by atoms with Gasteiger partial charge in [0.15, 0.2) is 0 Å². The lowest BCUT2D eigenvalue weighted by atomic mass is 9.91. The van der Waals surface area contributed by atoms with E-state index in [0.29, 0.717) is 0 Å². The third-order valence-electron chi connectivity index (χ3n) is 2.85. The first-order valence-electron chi connectivity index (χ1n) is 6.49. The van der Waals surface area contributed by atoms with E-state index in [4.69, 9.17) is 0 Å². The smallest absolute Gasteiger partial charge is 0.00463 e. The highest BCUT2D eigenvalue weighted by atomic mass is 127. The van der Waals surface area contributed by atoms with Crippen molar-refractivity contribution in [1.29, 1.82) is 0 Å². The van der Waals surface area contributed by atoms with Gasteiger partial charge in [0.2, 0.25) is 0 Å². The molecular weight excluding hydrogens is 297 g/mol. The molecule has 1 rings (SSSR count). The van der Waals surface area contributed by atoms with Crippen LogP contribution in [-0.4, -0.2) is 13.1 Å². The van der Waals surface area contributed by atoms with Crippen molar-refractivity contribution in [3.63, 3.8) is 0 Å². The zero-order chi connectivity index (χ0) is 10.8. The molecule has 1 N–H and O–H groups in total. The first-order chi connectivity index (χ1) is 6.79. The Morgan fingerprint density at radius 2 is 1.67 bits per heavy atom. The SMILES string of the molecule is CC.CC(C)CCCC1CCNCC1.I. The average molecular weight is 327 g/mol. The predicted molar refractivity (Wildman–Crippen MR) is 81.0 cm³/mol. The summed E-state index contributed by atoms with van der Waals surface area (Å²) >= 11 is 0.